The number of rotatable bonds is 7. The highest BCUT2D eigenvalue weighted by Gasteiger charge is 2.18. The number of carbonyl (C=O) groups is 1. The van der Waals surface area contributed by atoms with E-state index in [9.17, 15) is 14.9 Å². The number of ether oxygens (including phenoxy) is 2. The van der Waals surface area contributed by atoms with Crippen molar-refractivity contribution in [1.29, 1.82) is 0 Å². The molecule has 2 rings (SSSR count). The molecule has 0 unspecified atom stereocenters. The minimum atomic E-state index is -0.578. The molecule has 0 bridgehead atoms. The Labute approximate surface area is 151 Å². The Morgan fingerprint density at radius 2 is 1.77 bits per heavy atom. The summed E-state index contributed by atoms with van der Waals surface area (Å²) in [6, 6.07) is 9.05. The van der Waals surface area contributed by atoms with Crippen molar-refractivity contribution in [2.75, 3.05) is 24.9 Å². The van der Waals surface area contributed by atoms with E-state index >= 15 is 0 Å². The number of hydrogen-bond acceptors (Lipinski definition) is 6. The second-order valence-electron chi connectivity index (χ2n) is 5.70. The highest BCUT2D eigenvalue weighted by molar-refractivity contribution is 5.97. The molecule has 8 heteroatoms. The maximum absolute atomic E-state index is 12.5. The van der Waals surface area contributed by atoms with Gasteiger partial charge in [-0.3, -0.25) is 14.9 Å². The van der Waals surface area contributed by atoms with E-state index < -0.39 is 11.0 Å². The van der Waals surface area contributed by atoms with Crippen LogP contribution < -0.4 is 20.1 Å². The van der Waals surface area contributed by atoms with Crippen molar-refractivity contribution in [3.8, 4) is 11.5 Å². The molecule has 0 radical (unpaired) electrons. The average molecular weight is 359 g/mol. The molecule has 1 atom stereocenters. The second-order valence-corrected chi connectivity index (χ2v) is 5.70. The standard InChI is InChI=1S/C18H21N3O5/c1-11-5-8-16(25-3)15(9-11)19-12(2)18(22)20-14-7-6-13(21(23)24)10-17(14)26-4/h5-10,12,19H,1-4H3,(H,20,22)/t12-/m1/s1. The van der Waals surface area contributed by atoms with Crippen LogP contribution in [0.15, 0.2) is 36.4 Å². The number of aryl methyl sites for hydroxylation is 1. The minimum Gasteiger partial charge on any atom is -0.495 e. The first-order valence-corrected chi connectivity index (χ1v) is 7.90. The molecule has 0 saturated carbocycles. The Bertz CT molecular complexity index is 822. The number of amides is 1. The summed E-state index contributed by atoms with van der Waals surface area (Å²) in [5, 5.41) is 16.7. The first-order valence-electron chi connectivity index (χ1n) is 7.90. The SMILES string of the molecule is COc1cc([N+](=O)[O-])ccc1NC(=O)[C@@H](C)Nc1cc(C)ccc1OC. The number of nitrogens with zero attached hydrogens (tertiary/aromatic N) is 1. The highest BCUT2D eigenvalue weighted by atomic mass is 16.6. The van der Waals surface area contributed by atoms with E-state index in [4.69, 9.17) is 9.47 Å². The number of nitrogens with one attached hydrogen (secondary N) is 2. The molecule has 1 amide bonds. The van der Waals surface area contributed by atoms with Crippen molar-refractivity contribution in [2.45, 2.75) is 19.9 Å². The number of nitro benzene ring substituents is 1. The van der Waals surface area contributed by atoms with Crippen LogP contribution in [0.1, 0.15) is 12.5 Å². The van der Waals surface area contributed by atoms with Crippen LogP contribution in [0.5, 0.6) is 11.5 Å². The van der Waals surface area contributed by atoms with Crippen molar-refractivity contribution in [3.05, 3.63) is 52.1 Å². The average Bonchev–Trinajstić information content (AvgIpc) is 2.61. The molecule has 2 N–H and O–H groups in total. The number of anilines is 2. The molecule has 0 aliphatic heterocycles. The van der Waals surface area contributed by atoms with Gasteiger partial charge in [-0.15, -0.1) is 0 Å². The number of non-ortho nitro benzene ring substituents is 1. The molecule has 0 aliphatic rings. The van der Waals surface area contributed by atoms with Gasteiger partial charge in [0.1, 0.15) is 17.5 Å². The van der Waals surface area contributed by atoms with Gasteiger partial charge in [0.2, 0.25) is 5.91 Å². The van der Waals surface area contributed by atoms with Gasteiger partial charge in [-0.25, -0.2) is 0 Å². The van der Waals surface area contributed by atoms with E-state index in [1.165, 1.54) is 25.3 Å². The van der Waals surface area contributed by atoms with Crippen molar-refractivity contribution >= 4 is 23.0 Å². The number of benzene rings is 2. The first-order chi connectivity index (χ1) is 12.3. The summed E-state index contributed by atoms with van der Waals surface area (Å²) in [4.78, 5) is 22.8. The zero-order chi connectivity index (χ0) is 19.3. The van der Waals surface area contributed by atoms with Crippen LogP contribution in [0, 0.1) is 17.0 Å². The van der Waals surface area contributed by atoms with Gasteiger partial charge in [-0.1, -0.05) is 6.07 Å². The molecule has 0 heterocycles. The maximum atomic E-state index is 12.5. The molecular formula is C18H21N3O5. The van der Waals surface area contributed by atoms with Crippen molar-refractivity contribution < 1.29 is 19.2 Å². The molecule has 2 aromatic rings. The fourth-order valence-corrected chi connectivity index (χ4v) is 2.37. The van der Waals surface area contributed by atoms with Crippen LogP contribution in [-0.4, -0.2) is 31.1 Å². The van der Waals surface area contributed by atoms with Gasteiger partial charge in [0.05, 0.1) is 36.6 Å². The van der Waals surface area contributed by atoms with Crippen LogP contribution in [0.3, 0.4) is 0 Å². The first kappa shape index (κ1) is 19.0. The smallest absolute Gasteiger partial charge is 0.273 e. The van der Waals surface area contributed by atoms with Gasteiger partial charge in [-0.2, -0.15) is 0 Å². The van der Waals surface area contributed by atoms with Crippen LogP contribution >= 0.6 is 0 Å². The molecule has 0 saturated heterocycles. The van der Waals surface area contributed by atoms with Gasteiger partial charge in [0.25, 0.3) is 5.69 Å². The van der Waals surface area contributed by atoms with E-state index in [2.05, 4.69) is 10.6 Å². The monoisotopic (exact) mass is 359 g/mol. The number of carbonyl (C=O) groups excluding carboxylic acids is 1. The van der Waals surface area contributed by atoms with E-state index in [0.717, 1.165) is 5.56 Å². The topological polar surface area (TPSA) is 103 Å². The largest absolute Gasteiger partial charge is 0.495 e. The Hall–Kier alpha value is -3.29. The van der Waals surface area contributed by atoms with Gasteiger partial charge in [0, 0.05) is 6.07 Å². The number of hydrogen-bond donors (Lipinski definition) is 2. The fourth-order valence-electron chi connectivity index (χ4n) is 2.37. The zero-order valence-electron chi connectivity index (χ0n) is 15.0. The second kappa shape index (κ2) is 8.19. The predicted molar refractivity (Wildman–Crippen MR) is 99.1 cm³/mol. The molecule has 0 aliphatic carbocycles. The number of methoxy groups -OCH3 is 2. The summed E-state index contributed by atoms with van der Waals surface area (Å²) in [6.07, 6.45) is 0. The molecule has 138 valence electrons. The van der Waals surface area contributed by atoms with Gasteiger partial charge < -0.3 is 20.1 Å². The van der Waals surface area contributed by atoms with Crippen LogP contribution in [0.4, 0.5) is 17.1 Å². The summed E-state index contributed by atoms with van der Waals surface area (Å²) in [5.74, 6) is 0.525. The minimum absolute atomic E-state index is 0.115. The summed E-state index contributed by atoms with van der Waals surface area (Å²) < 4.78 is 10.4. The lowest BCUT2D eigenvalue weighted by molar-refractivity contribution is -0.384. The van der Waals surface area contributed by atoms with Crippen molar-refractivity contribution in [2.24, 2.45) is 0 Å². The summed E-state index contributed by atoms with van der Waals surface area (Å²) >= 11 is 0. The third kappa shape index (κ3) is 4.41. The lowest BCUT2D eigenvalue weighted by Gasteiger charge is -2.18. The van der Waals surface area contributed by atoms with Crippen molar-refractivity contribution in [3.63, 3.8) is 0 Å². The van der Waals surface area contributed by atoms with Gasteiger partial charge in [0.15, 0.2) is 0 Å². The Kier molecular flexibility index (Phi) is 6.00. The molecule has 0 spiro atoms. The van der Waals surface area contributed by atoms with E-state index in [-0.39, 0.29) is 17.3 Å². The van der Waals surface area contributed by atoms with E-state index in [0.29, 0.717) is 17.1 Å². The molecule has 26 heavy (non-hydrogen) atoms. The predicted octanol–water partition coefficient (Wildman–Crippen LogP) is 3.36. The Balaban J connectivity index is 2.15. The molecule has 8 nitrogen and oxygen atoms in total. The summed E-state index contributed by atoms with van der Waals surface area (Å²) in [6.45, 7) is 3.64. The third-order valence-corrected chi connectivity index (χ3v) is 3.77. The lowest BCUT2D eigenvalue weighted by Crippen LogP contribution is -2.32. The Morgan fingerprint density at radius 1 is 1.08 bits per heavy atom. The lowest BCUT2D eigenvalue weighted by atomic mass is 10.2. The van der Waals surface area contributed by atoms with Crippen LogP contribution in [0.2, 0.25) is 0 Å². The van der Waals surface area contributed by atoms with Gasteiger partial charge in [-0.05, 0) is 37.6 Å². The molecule has 0 fully saturated rings. The zero-order valence-corrected chi connectivity index (χ0v) is 15.0. The molecule has 0 aromatic heterocycles. The quantitative estimate of drug-likeness (QED) is 0.580. The molecule has 2 aromatic carbocycles. The highest BCUT2D eigenvalue weighted by Crippen LogP contribution is 2.30. The third-order valence-electron chi connectivity index (χ3n) is 3.77. The number of nitro groups is 1. The Morgan fingerprint density at radius 3 is 2.38 bits per heavy atom. The summed E-state index contributed by atoms with van der Waals surface area (Å²) in [7, 11) is 2.94. The van der Waals surface area contributed by atoms with Crippen LogP contribution in [-0.2, 0) is 4.79 Å². The van der Waals surface area contributed by atoms with E-state index in [1.807, 2.05) is 25.1 Å². The van der Waals surface area contributed by atoms with E-state index in [1.54, 1.807) is 14.0 Å². The molecular weight excluding hydrogens is 338 g/mol. The van der Waals surface area contributed by atoms with Crippen LogP contribution in [0.25, 0.3) is 0 Å². The fraction of sp³-hybridized carbons (Fsp3) is 0.278. The van der Waals surface area contributed by atoms with Crippen molar-refractivity contribution in [1.82, 2.24) is 0 Å². The normalized spacial score (nSPS) is 11.4. The van der Waals surface area contributed by atoms with Gasteiger partial charge >= 0.3 is 0 Å². The summed E-state index contributed by atoms with van der Waals surface area (Å²) in [5.41, 5.74) is 1.97. The maximum Gasteiger partial charge on any atom is 0.273 e.